The van der Waals surface area contributed by atoms with Crippen LogP contribution < -0.4 is 10.1 Å². The SMILES string of the molecule is Fc1ccc(Oc2nc(Nc3ccc4nc[nH]c4c3)ncc2C(F)(F)F)cc1. The van der Waals surface area contributed by atoms with Gasteiger partial charge in [-0.05, 0) is 42.5 Å². The maximum atomic E-state index is 13.3. The van der Waals surface area contributed by atoms with Gasteiger partial charge in [0.05, 0.1) is 17.4 Å². The van der Waals surface area contributed by atoms with Crippen LogP contribution in [0.1, 0.15) is 5.56 Å². The summed E-state index contributed by atoms with van der Waals surface area (Å²) in [5, 5.41) is 2.82. The summed E-state index contributed by atoms with van der Waals surface area (Å²) in [5.74, 6) is -1.32. The van der Waals surface area contributed by atoms with E-state index in [4.69, 9.17) is 4.74 Å². The van der Waals surface area contributed by atoms with Crippen LogP contribution >= 0.6 is 0 Å². The first kappa shape index (κ1) is 17.7. The average molecular weight is 389 g/mol. The van der Waals surface area contributed by atoms with Crippen LogP contribution in [0, 0.1) is 5.82 Å². The van der Waals surface area contributed by atoms with E-state index in [1.807, 2.05) is 0 Å². The van der Waals surface area contributed by atoms with E-state index in [9.17, 15) is 17.6 Å². The van der Waals surface area contributed by atoms with Gasteiger partial charge in [0.2, 0.25) is 11.8 Å². The summed E-state index contributed by atoms with van der Waals surface area (Å²) in [6.45, 7) is 0. The molecule has 0 bridgehead atoms. The zero-order valence-corrected chi connectivity index (χ0v) is 14.0. The van der Waals surface area contributed by atoms with Gasteiger partial charge in [0.15, 0.2) is 0 Å². The molecule has 0 aliphatic carbocycles. The van der Waals surface area contributed by atoms with Crippen LogP contribution in [0.25, 0.3) is 11.0 Å². The van der Waals surface area contributed by atoms with Gasteiger partial charge in [-0.2, -0.15) is 18.2 Å². The van der Waals surface area contributed by atoms with E-state index in [0.29, 0.717) is 11.9 Å². The highest BCUT2D eigenvalue weighted by molar-refractivity contribution is 5.79. The van der Waals surface area contributed by atoms with Gasteiger partial charge in [0.25, 0.3) is 0 Å². The molecule has 10 heteroatoms. The lowest BCUT2D eigenvalue weighted by molar-refractivity contribution is -0.139. The minimum Gasteiger partial charge on any atom is -0.438 e. The molecule has 0 fully saturated rings. The monoisotopic (exact) mass is 389 g/mol. The van der Waals surface area contributed by atoms with Crippen LogP contribution in [-0.4, -0.2) is 19.9 Å². The minimum absolute atomic E-state index is 0.00966. The van der Waals surface area contributed by atoms with E-state index in [1.165, 1.54) is 18.5 Å². The summed E-state index contributed by atoms with van der Waals surface area (Å²) in [6.07, 6.45) is -2.57. The zero-order chi connectivity index (χ0) is 19.7. The number of aromatic amines is 1. The molecule has 28 heavy (non-hydrogen) atoms. The predicted octanol–water partition coefficient (Wildman–Crippen LogP) is 5.05. The fourth-order valence-electron chi connectivity index (χ4n) is 2.46. The summed E-state index contributed by atoms with van der Waals surface area (Å²) in [5.41, 5.74) is 0.870. The molecule has 2 aromatic heterocycles. The van der Waals surface area contributed by atoms with Crippen LogP contribution in [0.4, 0.5) is 29.2 Å². The largest absolute Gasteiger partial charge is 0.438 e. The number of fused-ring (bicyclic) bond motifs is 1. The van der Waals surface area contributed by atoms with Crippen molar-refractivity contribution in [3.8, 4) is 11.6 Å². The van der Waals surface area contributed by atoms with Crippen molar-refractivity contribution in [2.45, 2.75) is 6.18 Å². The minimum atomic E-state index is -4.72. The Kier molecular flexibility index (Phi) is 4.30. The molecule has 0 saturated carbocycles. The molecule has 142 valence electrons. The summed E-state index contributed by atoms with van der Waals surface area (Å²) in [4.78, 5) is 14.6. The number of nitrogens with zero attached hydrogens (tertiary/aromatic N) is 3. The molecule has 2 aromatic carbocycles. The first-order valence-electron chi connectivity index (χ1n) is 7.96. The molecule has 4 aromatic rings. The molecule has 2 N–H and O–H groups in total. The Morgan fingerprint density at radius 3 is 2.54 bits per heavy atom. The first-order chi connectivity index (χ1) is 13.4. The number of alkyl halides is 3. The average Bonchev–Trinajstić information content (AvgIpc) is 3.11. The van der Waals surface area contributed by atoms with Crippen molar-refractivity contribution in [3.63, 3.8) is 0 Å². The number of rotatable bonds is 4. The number of anilines is 2. The highest BCUT2D eigenvalue weighted by Crippen LogP contribution is 2.37. The predicted molar refractivity (Wildman–Crippen MR) is 92.9 cm³/mol. The lowest BCUT2D eigenvalue weighted by Gasteiger charge is -2.14. The van der Waals surface area contributed by atoms with Crippen molar-refractivity contribution in [1.82, 2.24) is 19.9 Å². The lowest BCUT2D eigenvalue weighted by atomic mass is 10.3. The van der Waals surface area contributed by atoms with Crippen LogP contribution in [0.2, 0.25) is 0 Å². The second-order valence-electron chi connectivity index (χ2n) is 5.73. The van der Waals surface area contributed by atoms with E-state index in [2.05, 4.69) is 25.3 Å². The highest BCUT2D eigenvalue weighted by atomic mass is 19.4. The van der Waals surface area contributed by atoms with Gasteiger partial charge in [-0.25, -0.2) is 14.4 Å². The summed E-state index contributed by atoms with van der Waals surface area (Å²) in [6, 6.07) is 9.68. The highest BCUT2D eigenvalue weighted by Gasteiger charge is 2.36. The van der Waals surface area contributed by atoms with Crippen molar-refractivity contribution in [1.29, 1.82) is 0 Å². The Hall–Kier alpha value is -3.69. The van der Waals surface area contributed by atoms with E-state index in [-0.39, 0.29) is 11.7 Å². The number of H-pyrrole nitrogens is 1. The fourth-order valence-corrected chi connectivity index (χ4v) is 2.46. The maximum Gasteiger partial charge on any atom is 0.423 e. The van der Waals surface area contributed by atoms with E-state index < -0.39 is 23.4 Å². The topological polar surface area (TPSA) is 75.7 Å². The molecule has 0 aliphatic heterocycles. The Morgan fingerprint density at radius 1 is 1.00 bits per heavy atom. The van der Waals surface area contributed by atoms with Crippen molar-refractivity contribution in [3.05, 3.63) is 66.4 Å². The summed E-state index contributed by atoms with van der Waals surface area (Å²) in [7, 11) is 0. The third kappa shape index (κ3) is 3.70. The van der Waals surface area contributed by atoms with E-state index in [0.717, 1.165) is 23.2 Å². The molecule has 6 nitrogen and oxygen atoms in total. The molecule has 0 saturated heterocycles. The van der Waals surface area contributed by atoms with Gasteiger partial charge in [-0.3, -0.25) is 0 Å². The second kappa shape index (κ2) is 6.80. The summed E-state index contributed by atoms with van der Waals surface area (Å²) < 4.78 is 58.0. The third-order valence-corrected chi connectivity index (χ3v) is 3.76. The quantitative estimate of drug-likeness (QED) is 0.478. The van der Waals surface area contributed by atoms with Crippen molar-refractivity contribution < 1.29 is 22.3 Å². The Balaban J connectivity index is 1.67. The summed E-state index contributed by atoms with van der Waals surface area (Å²) >= 11 is 0. The molecule has 0 radical (unpaired) electrons. The normalized spacial score (nSPS) is 11.6. The number of aromatic nitrogens is 4. The van der Waals surface area contributed by atoms with Crippen molar-refractivity contribution >= 4 is 22.7 Å². The van der Waals surface area contributed by atoms with Gasteiger partial charge < -0.3 is 15.0 Å². The van der Waals surface area contributed by atoms with Gasteiger partial charge in [0.1, 0.15) is 17.1 Å². The molecule has 0 atom stereocenters. The Morgan fingerprint density at radius 2 is 1.79 bits per heavy atom. The van der Waals surface area contributed by atoms with E-state index in [1.54, 1.807) is 18.2 Å². The lowest BCUT2D eigenvalue weighted by Crippen LogP contribution is -2.11. The standard InChI is InChI=1S/C18H11F4N5O/c19-10-1-4-12(5-2-10)28-16-13(18(20,21)22)8-23-17(27-16)26-11-3-6-14-15(7-11)25-9-24-14/h1-9H,(H,24,25)(H,23,26,27). The molecule has 0 unspecified atom stereocenters. The van der Waals surface area contributed by atoms with Gasteiger partial charge in [-0.1, -0.05) is 0 Å². The van der Waals surface area contributed by atoms with Crippen LogP contribution in [0.5, 0.6) is 11.6 Å². The number of imidazole rings is 1. The van der Waals surface area contributed by atoms with Gasteiger partial charge in [0, 0.05) is 11.9 Å². The molecular weight excluding hydrogens is 378 g/mol. The van der Waals surface area contributed by atoms with Gasteiger partial charge >= 0.3 is 6.18 Å². The third-order valence-electron chi connectivity index (χ3n) is 3.76. The van der Waals surface area contributed by atoms with Crippen molar-refractivity contribution in [2.75, 3.05) is 5.32 Å². The fraction of sp³-hybridized carbons (Fsp3) is 0.0556. The Labute approximate surface area is 155 Å². The van der Waals surface area contributed by atoms with Crippen molar-refractivity contribution in [2.24, 2.45) is 0 Å². The zero-order valence-electron chi connectivity index (χ0n) is 14.0. The van der Waals surface area contributed by atoms with Crippen LogP contribution in [0.15, 0.2) is 55.0 Å². The number of hydrogen-bond donors (Lipinski definition) is 2. The number of nitrogens with one attached hydrogen (secondary N) is 2. The molecule has 0 amide bonds. The van der Waals surface area contributed by atoms with Gasteiger partial charge in [-0.15, -0.1) is 0 Å². The molecule has 0 spiro atoms. The van der Waals surface area contributed by atoms with E-state index >= 15 is 0 Å². The van der Waals surface area contributed by atoms with Crippen LogP contribution in [0.3, 0.4) is 0 Å². The van der Waals surface area contributed by atoms with Crippen LogP contribution in [-0.2, 0) is 6.18 Å². The Bertz CT molecular complexity index is 1120. The molecule has 2 heterocycles. The molecule has 4 rings (SSSR count). The molecular formula is C18H11F4N5O. The first-order valence-corrected chi connectivity index (χ1v) is 7.96. The number of ether oxygens (including phenoxy) is 1. The smallest absolute Gasteiger partial charge is 0.423 e. The second-order valence-corrected chi connectivity index (χ2v) is 5.73. The molecule has 0 aliphatic rings. The maximum absolute atomic E-state index is 13.3. The number of hydrogen-bond acceptors (Lipinski definition) is 5. The number of benzene rings is 2. The number of halogens is 4.